The number of piperazine rings is 1. The lowest BCUT2D eigenvalue weighted by molar-refractivity contribution is -1.02. The van der Waals surface area contributed by atoms with Crippen LogP contribution in [0, 0.1) is 0 Å². The number of quaternary nitrogens is 2. The molecule has 2 aromatic rings. The Hall–Kier alpha value is -1.76. The summed E-state index contributed by atoms with van der Waals surface area (Å²) in [6, 6.07) is 8.68. The number of aromatic nitrogens is 4. The third-order valence-corrected chi connectivity index (χ3v) is 6.45. The molecule has 1 aromatic heterocycles. The molecule has 2 N–H and O–H groups in total. The topological polar surface area (TPSA) is 52.5 Å². The molecule has 6 nitrogen and oxygen atoms in total. The molecule has 2 heterocycles. The Balaban J connectivity index is 1.67. The standard InChI is InChI=1S/C20H27ClN6/c1-2-11-25-12-14-26(15-13-25)19(17-9-5-6-10-18(17)21)20-22-23-24-27(20)16-7-3-4-8-16/h2,5-6,9-10,16,19H,1,3-4,7-8,11-15H2/p+2/t19-/m1/s1. The van der Waals surface area contributed by atoms with Crippen molar-refractivity contribution in [2.75, 3.05) is 32.7 Å². The summed E-state index contributed by atoms with van der Waals surface area (Å²) in [6.45, 7) is 9.35. The Morgan fingerprint density at radius 3 is 2.63 bits per heavy atom. The normalized spacial score (nSPS) is 24.8. The third-order valence-electron chi connectivity index (χ3n) is 6.10. The molecule has 144 valence electrons. The summed E-state index contributed by atoms with van der Waals surface area (Å²) in [5, 5.41) is 13.8. The van der Waals surface area contributed by atoms with Gasteiger partial charge in [0.05, 0.1) is 17.6 Å². The van der Waals surface area contributed by atoms with E-state index >= 15 is 0 Å². The van der Waals surface area contributed by atoms with Crippen LogP contribution in [0.15, 0.2) is 36.9 Å². The fraction of sp³-hybridized carbons (Fsp3) is 0.550. The average molecular weight is 389 g/mol. The highest BCUT2D eigenvalue weighted by atomic mass is 35.5. The van der Waals surface area contributed by atoms with Crippen molar-refractivity contribution in [3.63, 3.8) is 0 Å². The van der Waals surface area contributed by atoms with Crippen molar-refractivity contribution in [3.8, 4) is 0 Å². The Labute approximate surface area is 165 Å². The van der Waals surface area contributed by atoms with Crippen molar-refractivity contribution in [2.24, 2.45) is 0 Å². The molecule has 0 unspecified atom stereocenters. The quantitative estimate of drug-likeness (QED) is 0.709. The first-order valence-corrected chi connectivity index (χ1v) is 10.5. The smallest absolute Gasteiger partial charge is 0.214 e. The lowest BCUT2D eigenvalue weighted by Crippen LogP contribution is -3.28. The first-order chi connectivity index (χ1) is 13.3. The van der Waals surface area contributed by atoms with E-state index in [1.807, 2.05) is 18.2 Å². The molecule has 27 heavy (non-hydrogen) atoms. The summed E-state index contributed by atoms with van der Waals surface area (Å²) >= 11 is 6.64. The van der Waals surface area contributed by atoms with E-state index in [2.05, 4.69) is 38.9 Å². The molecule has 2 fully saturated rings. The summed E-state index contributed by atoms with van der Waals surface area (Å²) < 4.78 is 2.09. The van der Waals surface area contributed by atoms with Crippen LogP contribution in [0.25, 0.3) is 0 Å². The molecule has 1 atom stereocenters. The number of nitrogens with zero attached hydrogens (tertiary/aromatic N) is 4. The summed E-state index contributed by atoms with van der Waals surface area (Å²) in [4.78, 5) is 3.10. The summed E-state index contributed by atoms with van der Waals surface area (Å²) in [7, 11) is 0. The highest BCUT2D eigenvalue weighted by Gasteiger charge is 2.37. The van der Waals surface area contributed by atoms with Crippen molar-refractivity contribution >= 4 is 11.6 Å². The van der Waals surface area contributed by atoms with Gasteiger partial charge < -0.3 is 9.80 Å². The first kappa shape index (κ1) is 18.6. The van der Waals surface area contributed by atoms with Crippen LogP contribution in [0.3, 0.4) is 0 Å². The molecular formula is C20H29ClN6+2. The second kappa shape index (κ2) is 8.50. The minimum Gasteiger partial charge on any atom is -0.322 e. The SMILES string of the molecule is C=CC[NH+]1CC[NH+]([C@H](c2ccccc2Cl)c2nnnn2C2CCCC2)CC1. The van der Waals surface area contributed by atoms with Crippen LogP contribution < -0.4 is 9.80 Å². The van der Waals surface area contributed by atoms with Crippen molar-refractivity contribution in [2.45, 2.75) is 37.8 Å². The van der Waals surface area contributed by atoms with Crippen LogP contribution in [-0.2, 0) is 0 Å². The van der Waals surface area contributed by atoms with Gasteiger partial charge in [-0.3, -0.25) is 0 Å². The average Bonchev–Trinajstić information content (AvgIpc) is 3.37. The van der Waals surface area contributed by atoms with E-state index in [1.54, 1.807) is 4.90 Å². The van der Waals surface area contributed by atoms with Gasteiger partial charge in [-0.1, -0.05) is 49.2 Å². The van der Waals surface area contributed by atoms with Crippen molar-refractivity contribution in [1.82, 2.24) is 20.2 Å². The highest BCUT2D eigenvalue weighted by Crippen LogP contribution is 2.32. The fourth-order valence-electron chi connectivity index (χ4n) is 4.67. The number of hydrogen-bond donors (Lipinski definition) is 2. The van der Waals surface area contributed by atoms with E-state index in [-0.39, 0.29) is 6.04 Å². The minimum absolute atomic E-state index is 0.0829. The van der Waals surface area contributed by atoms with Gasteiger partial charge in [0.1, 0.15) is 26.2 Å². The van der Waals surface area contributed by atoms with Gasteiger partial charge in [0.2, 0.25) is 5.82 Å². The summed E-state index contributed by atoms with van der Waals surface area (Å²) in [5.41, 5.74) is 1.13. The van der Waals surface area contributed by atoms with E-state index in [1.165, 1.54) is 30.6 Å². The fourth-order valence-corrected chi connectivity index (χ4v) is 4.92. The van der Waals surface area contributed by atoms with Gasteiger partial charge in [0.25, 0.3) is 0 Å². The second-order valence-corrected chi connectivity index (χ2v) is 8.18. The molecule has 2 aliphatic rings. The maximum absolute atomic E-state index is 6.64. The number of tetrazole rings is 1. The minimum atomic E-state index is 0.0829. The van der Waals surface area contributed by atoms with Gasteiger partial charge in [0.15, 0.2) is 6.04 Å². The Bertz CT molecular complexity index is 761. The van der Waals surface area contributed by atoms with Crippen LogP contribution in [0.5, 0.6) is 0 Å². The Morgan fingerprint density at radius 1 is 1.19 bits per heavy atom. The maximum Gasteiger partial charge on any atom is 0.214 e. The molecule has 0 spiro atoms. The van der Waals surface area contributed by atoms with Crippen LogP contribution in [0.1, 0.15) is 49.2 Å². The van der Waals surface area contributed by atoms with E-state index < -0.39 is 0 Å². The molecule has 1 saturated carbocycles. The predicted octanol–water partition coefficient (Wildman–Crippen LogP) is 0.500. The first-order valence-electron chi connectivity index (χ1n) is 10.1. The van der Waals surface area contributed by atoms with Crippen molar-refractivity contribution < 1.29 is 9.80 Å². The molecule has 1 aromatic carbocycles. The van der Waals surface area contributed by atoms with E-state index in [0.29, 0.717) is 6.04 Å². The molecule has 0 radical (unpaired) electrons. The van der Waals surface area contributed by atoms with Gasteiger partial charge in [-0.25, -0.2) is 4.68 Å². The molecular weight excluding hydrogens is 360 g/mol. The molecule has 7 heteroatoms. The lowest BCUT2D eigenvalue weighted by atomic mass is 10.0. The van der Waals surface area contributed by atoms with E-state index in [4.69, 9.17) is 11.6 Å². The number of hydrogen-bond acceptors (Lipinski definition) is 3. The number of benzene rings is 1. The molecule has 0 amide bonds. The Kier molecular flexibility index (Phi) is 5.86. The maximum atomic E-state index is 6.64. The lowest BCUT2D eigenvalue weighted by Gasteiger charge is -2.34. The largest absolute Gasteiger partial charge is 0.322 e. The zero-order valence-electron chi connectivity index (χ0n) is 15.8. The van der Waals surface area contributed by atoms with Crippen molar-refractivity contribution in [3.05, 3.63) is 53.3 Å². The van der Waals surface area contributed by atoms with Crippen LogP contribution in [-0.4, -0.2) is 52.9 Å². The third kappa shape index (κ3) is 3.93. The summed E-state index contributed by atoms with van der Waals surface area (Å²) in [5.74, 6) is 0.970. The van der Waals surface area contributed by atoms with Gasteiger partial charge in [0, 0.05) is 5.56 Å². The Morgan fingerprint density at radius 2 is 1.93 bits per heavy atom. The predicted molar refractivity (Wildman–Crippen MR) is 105 cm³/mol. The van der Waals surface area contributed by atoms with Gasteiger partial charge in [-0.15, -0.1) is 5.10 Å². The highest BCUT2D eigenvalue weighted by molar-refractivity contribution is 6.31. The van der Waals surface area contributed by atoms with E-state index in [9.17, 15) is 0 Å². The zero-order chi connectivity index (χ0) is 18.6. The van der Waals surface area contributed by atoms with Crippen LogP contribution in [0.4, 0.5) is 0 Å². The second-order valence-electron chi connectivity index (χ2n) is 7.78. The monoisotopic (exact) mass is 388 g/mol. The molecule has 1 aliphatic heterocycles. The number of rotatable bonds is 6. The molecule has 0 bridgehead atoms. The van der Waals surface area contributed by atoms with Crippen molar-refractivity contribution in [1.29, 1.82) is 0 Å². The molecule has 4 rings (SSSR count). The summed E-state index contributed by atoms with van der Waals surface area (Å²) in [6.07, 6.45) is 6.88. The van der Waals surface area contributed by atoms with Crippen LogP contribution >= 0.6 is 11.6 Å². The zero-order valence-corrected chi connectivity index (χ0v) is 16.5. The number of halogens is 1. The molecule has 1 aliphatic carbocycles. The van der Waals surface area contributed by atoms with E-state index in [0.717, 1.165) is 49.1 Å². The van der Waals surface area contributed by atoms with Gasteiger partial charge in [-0.05, 0) is 35.4 Å². The van der Waals surface area contributed by atoms with Crippen LogP contribution in [0.2, 0.25) is 5.02 Å². The van der Waals surface area contributed by atoms with Gasteiger partial charge in [-0.2, -0.15) is 0 Å². The molecule has 1 saturated heterocycles. The van der Waals surface area contributed by atoms with Gasteiger partial charge >= 0.3 is 0 Å². The number of nitrogens with one attached hydrogen (secondary N) is 2.